The largest absolute Gasteiger partial charge is 0.394 e. The molecule has 0 saturated carbocycles. The third-order valence-electron chi connectivity index (χ3n) is 4.39. The second-order valence-electron chi connectivity index (χ2n) is 6.18. The van der Waals surface area contributed by atoms with Crippen LogP contribution in [-0.2, 0) is 16.1 Å². The Hall–Kier alpha value is -1.29. The monoisotopic (exact) mass is 338 g/mol. The summed E-state index contributed by atoms with van der Waals surface area (Å²) >= 11 is 5.55. The first kappa shape index (κ1) is 18.1. The lowest BCUT2D eigenvalue weighted by Gasteiger charge is -2.13. The highest BCUT2D eigenvalue weighted by atomic mass is 35.5. The van der Waals surface area contributed by atoms with Crippen LogP contribution >= 0.6 is 11.6 Å². The van der Waals surface area contributed by atoms with E-state index in [9.17, 15) is 4.79 Å². The number of carbonyl (C=O) groups excluding carboxylic acids is 1. The van der Waals surface area contributed by atoms with Gasteiger partial charge in [-0.1, -0.05) is 43.7 Å². The molecule has 1 aromatic rings. The van der Waals surface area contributed by atoms with Crippen LogP contribution in [0.1, 0.15) is 74.2 Å². The molecule has 2 rings (SSSR count). The lowest BCUT2D eigenvalue weighted by Crippen LogP contribution is -2.05. The molecule has 0 spiro atoms. The van der Waals surface area contributed by atoms with Crippen LogP contribution in [0, 0.1) is 0 Å². The number of H-pyrrole nitrogens is 1. The maximum absolute atomic E-state index is 11.6. The first-order valence-corrected chi connectivity index (χ1v) is 9.27. The molecule has 5 heteroatoms. The van der Waals surface area contributed by atoms with Gasteiger partial charge in [-0.05, 0) is 30.9 Å². The first-order valence-electron chi connectivity index (χ1n) is 8.73. The van der Waals surface area contributed by atoms with E-state index in [1.807, 2.05) is 0 Å². The SMILES string of the molecule is O=CC1CCCCCCCCCc2cc(/C=N\OCCCl)[nH]c21. The molecule has 0 saturated heterocycles. The molecule has 1 N–H and O–H groups in total. The number of aromatic amines is 1. The number of oxime groups is 1. The number of nitrogens with zero attached hydrogens (tertiary/aromatic N) is 1. The molecule has 1 aromatic heterocycles. The summed E-state index contributed by atoms with van der Waals surface area (Å²) in [5.41, 5.74) is 3.21. The number of fused-ring (bicyclic) bond motifs is 1. The number of halogens is 1. The number of aldehydes is 1. The summed E-state index contributed by atoms with van der Waals surface area (Å²) in [5.74, 6) is 0.390. The molecule has 0 aromatic carbocycles. The first-order chi connectivity index (χ1) is 11.3. The lowest BCUT2D eigenvalue weighted by atomic mass is 9.93. The van der Waals surface area contributed by atoms with Crippen molar-refractivity contribution in [3.63, 3.8) is 0 Å². The van der Waals surface area contributed by atoms with E-state index in [4.69, 9.17) is 16.4 Å². The topological polar surface area (TPSA) is 54.4 Å². The summed E-state index contributed by atoms with van der Waals surface area (Å²) in [6, 6.07) is 2.10. The Labute approximate surface area is 143 Å². The molecule has 1 heterocycles. The summed E-state index contributed by atoms with van der Waals surface area (Å²) in [6.07, 6.45) is 13.4. The van der Waals surface area contributed by atoms with Crippen molar-refractivity contribution in [3.05, 3.63) is 23.0 Å². The van der Waals surface area contributed by atoms with Crippen LogP contribution in [0.4, 0.5) is 0 Å². The van der Waals surface area contributed by atoms with Crippen LogP contribution in [0.5, 0.6) is 0 Å². The summed E-state index contributed by atoms with van der Waals surface area (Å²) in [6.45, 7) is 0.398. The zero-order chi connectivity index (χ0) is 16.3. The quantitative estimate of drug-likeness (QED) is 0.281. The van der Waals surface area contributed by atoms with E-state index in [1.54, 1.807) is 6.21 Å². The number of alkyl halides is 1. The van der Waals surface area contributed by atoms with Crippen molar-refractivity contribution >= 4 is 24.1 Å². The zero-order valence-corrected chi connectivity index (χ0v) is 14.5. The van der Waals surface area contributed by atoms with Gasteiger partial charge in [0.05, 0.1) is 23.7 Å². The summed E-state index contributed by atoms with van der Waals surface area (Å²) < 4.78 is 0. The minimum atomic E-state index is -0.0321. The molecule has 23 heavy (non-hydrogen) atoms. The summed E-state index contributed by atoms with van der Waals surface area (Å²) in [5, 5.41) is 3.91. The molecular formula is C18H27ClN2O2. The highest BCUT2D eigenvalue weighted by Crippen LogP contribution is 2.27. The predicted molar refractivity (Wildman–Crippen MR) is 94.5 cm³/mol. The molecule has 128 valence electrons. The van der Waals surface area contributed by atoms with Gasteiger partial charge in [-0.2, -0.15) is 0 Å². The molecule has 4 nitrogen and oxygen atoms in total. The van der Waals surface area contributed by atoms with E-state index in [-0.39, 0.29) is 5.92 Å². The van der Waals surface area contributed by atoms with Crippen molar-refractivity contribution in [2.24, 2.45) is 5.16 Å². The van der Waals surface area contributed by atoms with Crippen LogP contribution in [0.2, 0.25) is 0 Å². The van der Waals surface area contributed by atoms with Crippen LogP contribution in [0.3, 0.4) is 0 Å². The van der Waals surface area contributed by atoms with Crippen LogP contribution in [0.25, 0.3) is 0 Å². The normalized spacial score (nSPS) is 20.5. The predicted octanol–water partition coefficient (Wildman–Crippen LogP) is 4.56. The molecule has 1 aliphatic rings. The third kappa shape index (κ3) is 6.02. The molecule has 0 radical (unpaired) electrons. The van der Waals surface area contributed by atoms with E-state index in [2.05, 4.69) is 16.2 Å². The van der Waals surface area contributed by atoms with Crippen LogP contribution < -0.4 is 0 Å². The highest BCUT2D eigenvalue weighted by Gasteiger charge is 2.18. The Morgan fingerprint density at radius 2 is 1.96 bits per heavy atom. The molecule has 0 bridgehead atoms. The van der Waals surface area contributed by atoms with Crippen molar-refractivity contribution in [1.29, 1.82) is 0 Å². The third-order valence-corrected chi connectivity index (χ3v) is 4.54. The molecular weight excluding hydrogens is 312 g/mol. The minimum Gasteiger partial charge on any atom is -0.394 e. The smallest absolute Gasteiger partial charge is 0.130 e. The Morgan fingerprint density at radius 1 is 1.22 bits per heavy atom. The van der Waals surface area contributed by atoms with Gasteiger partial charge in [-0.25, -0.2) is 0 Å². The van der Waals surface area contributed by atoms with E-state index in [1.165, 1.54) is 44.1 Å². The van der Waals surface area contributed by atoms with Gasteiger partial charge in [0.15, 0.2) is 0 Å². The number of aryl methyl sites for hydroxylation is 1. The van der Waals surface area contributed by atoms with Crippen LogP contribution in [0.15, 0.2) is 11.2 Å². The number of aromatic nitrogens is 1. The lowest BCUT2D eigenvalue weighted by molar-refractivity contribution is -0.109. The second-order valence-corrected chi connectivity index (χ2v) is 6.55. The van der Waals surface area contributed by atoms with Gasteiger partial charge in [-0.15, -0.1) is 11.6 Å². The number of hydrogen-bond acceptors (Lipinski definition) is 3. The van der Waals surface area contributed by atoms with Gasteiger partial charge in [0.2, 0.25) is 0 Å². The number of rotatable bonds is 5. The van der Waals surface area contributed by atoms with Crippen molar-refractivity contribution in [1.82, 2.24) is 4.98 Å². The Bertz CT molecular complexity index is 499. The number of hydrogen-bond donors (Lipinski definition) is 1. The van der Waals surface area contributed by atoms with E-state index in [0.717, 1.165) is 36.9 Å². The fourth-order valence-corrected chi connectivity index (χ4v) is 3.24. The van der Waals surface area contributed by atoms with Gasteiger partial charge < -0.3 is 14.6 Å². The molecule has 0 aliphatic heterocycles. The number of carbonyl (C=O) groups is 1. The summed E-state index contributed by atoms with van der Waals surface area (Å²) in [4.78, 5) is 20.0. The Balaban J connectivity index is 2.12. The van der Waals surface area contributed by atoms with Crippen LogP contribution in [-0.4, -0.2) is 30.0 Å². The van der Waals surface area contributed by atoms with Gasteiger partial charge in [0.25, 0.3) is 0 Å². The van der Waals surface area contributed by atoms with Gasteiger partial charge >= 0.3 is 0 Å². The van der Waals surface area contributed by atoms with Crippen molar-refractivity contribution in [2.45, 2.75) is 63.7 Å². The van der Waals surface area contributed by atoms with Crippen molar-refractivity contribution in [3.8, 4) is 0 Å². The van der Waals surface area contributed by atoms with E-state index < -0.39 is 0 Å². The minimum absolute atomic E-state index is 0.0321. The molecule has 0 fully saturated rings. The Morgan fingerprint density at radius 3 is 2.70 bits per heavy atom. The maximum Gasteiger partial charge on any atom is 0.130 e. The van der Waals surface area contributed by atoms with Gasteiger partial charge in [-0.3, -0.25) is 0 Å². The van der Waals surface area contributed by atoms with E-state index in [0.29, 0.717) is 12.5 Å². The maximum atomic E-state index is 11.6. The van der Waals surface area contributed by atoms with Gasteiger partial charge in [0.1, 0.15) is 12.9 Å². The highest BCUT2D eigenvalue weighted by molar-refractivity contribution is 6.17. The van der Waals surface area contributed by atoms with E-state index >= 15 is 0 Å². The molecule has 1 aliphatic carbocycles. The number of nitrogens with one attached hydrogen (secondary N) is 1. The van der Waals surface area contributed by atoms with Gasteiger partial charge in [0, 0.05) is 5.69 Å². The fourth-order valence-electron chi connectivity index (χ4n) is 3.17. The standard InChI is InChI=1S/C18H27ClN2O2/c19-10-11-23-20-13-17-12-15-8-6-4-2-1-3-5-7-9-16(14-22)18(15)21-17/h12-14,16,21H,1-11H2/b20-13-. The zero-order valence-electron chi connectivity index (χ0n) is 13.7. The molecule has 1 unspecified atom stereocenters. The average Bonchev–Trinajstić information content (AvgIpc) is 2.95. The second kappa shape index (κ2) is 10.5. The van der Waals surface area contributed by atoms with Crippen molar-refractivity contribution in [2.75, 3.05) is 12.5 Å². The average molecular weight is 339 g/mol. The van der Waals surface area contributed by atoms with Crippen molar-refractivity contribution < 1.29 is 9.63 Å². The molecule has 0 amide bonds. The molecule has 1 atom stereocenters. The summed E-state index contributed by atoms with van der Waals surface area (Å²) in [7, 11) is 0. The fraction of sp³-hybridized carbons (Fsp3) is 0.667. The Kier molecular flexibility index (Phi) is 8.23.